The Bertz CT molecular complexity index is 332. The van der Waals surface area contributed by atoms with Gasteiger partial charge in [0.25, 0.3) is 0 Å². The molecule has 2 rings (SSSR count). The molecular weight excluding hydrogens is 256 g/mol. The summed E-state index contributed by atoms with van der Waals surface area (Å²) in [5.41, 5.74) is 0. The Hall–Kier alpha value is -1.10. The summed E-state index contributed by atoms with van der Waals surface area (Å²) >= 11 is 0. The third-order valence-corrected chi connectivity index (χ3v) is 4.34. The van der Waals surface area contributed by atoms with Crippen LogP contribution < -0.4 is 5.32 Å². The molecule has 2 fully saturated rings. The number of piperidine rings is 1. The van der Waals surface area contributed by atoms with Crippen molar-refractivity contribution in [1.29, 1.82) is 0 Å². The van der Waals surface area contributed by atoms with Crippen LogP contribution in [0.1, 0.15) is 39.0 Å². The zero-order chi connectivity index (χ0) is 14.4. The number of ether oxygens (including phenoxy) is 1. The van der Waals surface area contributed by atoms with Crippen LogP contribution in [0, 0.1) is 11.8 Å². The van der Waals surface area contributed by atoms with Gasteiger partial charge < -0.3 is 15.0 Å². The average molecular weight is 282 g/mol. The molecule has 2 heterocycles. The van der Waals surface area contributed by atoms with E-state index in [9.17, 15) is 9.59 Å². The first kappa shape index (κ1) is 15.3. The normalized spacial score (nSPS) is 24.4. The average Bonchev–Trinajstić information content (AvgIpc) is 2.53. The van der Waals surface area contributed by atoms with Crippen LogP contribution in [-0.2, 0) is 14.3 Å². The van der Waals surface area contributed by atoms with Crippen molar-refractivity contribution in [3.8, 4) is 0 Å². The van der Waals surface area contributed by atoms with Crippen LogP contribution >= 0.6 is 0 Å². The van der Waals surface area contributed by atoms with Crippen molar-refractivity contribution in [2.24, 2.45) is 11.8 Å². The summed E-state index contributed by atoms with van der Waals surface area (Å²) in [6.45, 7) is 5.67. The lowest BCUT2D eigenvalue weighted by Gasteiger charge is -2.31. The quantitative estimate of drug-likeness (QED) is 0.842. The number of rotatable bonds is 4. The molecule has 0 aromatic carbocycles. The molecule has 2 aliphatic rings. The molecule has 114 valence electrons. The Morgan fingerprint density at radius 1 is 1.25 bits per heavy atom. The number of carbonyl (C=O) groups is 2. The number of amides is 2. The molecular formula is C15H26N2O3. The van der Waals surface area contributed by atoms with Crippen LogP contribution in [0.25, 0.3) is 0 Å². The smallest absolute Gasteiger partial charge is 0.223 e. The summed E-state index contributed by atoms with van der Waals surface area (Å²) in [5, 5.41) is 3.06. The van der Waals surface area contributed by atoms with E-state index in [0.717, 1.165) is 58.5 Å². The molecule has 5 nitrogen and oxygen atoms in total. The van der Waals surface area contributed by atoms with E-state index in [1.165, 1.54) is 0 Å². The molecule has 0 aromatic heterocycles. The number of nitrogens with zero attached hydrogens (tertiary/aromatic N) is 1. The van der Waals surface area contributed by atoms with Crippen LogP contribution in [0.5, 0.6) is 0 Å². The van der Waals surface area contributed by atoms with Crippen molar-refractivity contribution in [1.82, 2.24) is 10.2 Å². The number of hydrogen-bond acceptors (Lipinski definition) is 3. The van der Waals surface area contributed by atoms with Crippen molar-refractivity contribution in [2.45, 2.75) is 39.0 Å². The van der Waals surface area contributed by atoms with E-state index >= 15 is 0 Å². The van der Waals surface area contributed by atoms with Gasteiger partial charge >= 0.3 is 0 Å². The van der Waals surface area contributed by atoms with Gasteiger partial charge in [-0.15, -0.1) is 0 Å². The van der Waals surface area contributed by atoms with Gasteiger partial charge in [0.1, 0.15) is 0 Å². The van der Waals surface area contributed by atoms with E-state index in [1.54, 1.807) is 0 Å². The predicted molar refractivity (Wildman–Crippen MR) is 76.1 cm³/mol. The Morgan fingerprint density at radius 2 is 2.00 bits per heavy atom. The monoisotopic (exact) mass is 282 g/mol. The topological polar surface area (TPSA) is 58.6 Å². The maximum absolute atomic E-state index is 12.1. The summed E-state index contributed by atoms with van der Waals surface area (Å²) < 4.78 is 5.42. The van der Waals surface area contributed by atoms with Crippen molar-refractivity contribution >= 4 is 11.8 Å². The van der Waals surface area contributed by atoms with E-state index in [1.807, 2.05) is 11.8 Å². The zero-order valence-corrected chi connectivity index (χ0v) is 12.4. The van der Waals surface area contributed by atoms with E-state index < -0.39 is 0 Å². The fourth-order valence-corrected chi connectivity index (χ4v) is 2.97. The van der Waals surface area contributed by atoms with E-state index in [2.05, 4.69) is 5.32 Å². The van der Waals surface area contributed by atoms with Gasteiger partial charge in [0.2, 0.25) is 11.8 Å². The molecule has 0 radical (unpaired) electrons. The second kappa shape index (κ2) is 7.62. The summed E-state index contributed by atoms with van der Waals surface area (Å²) in [6, 6.07) is 0. The van der Waals surface area contributed by atoms with Crippen LogP contribution in [-0.4, -0.2) is 49.6 Å². The highest BCUT2D eigenvalue weighted by Crippen LogP contribution is 2.18. The summed E-state index contributed by atoms with van der Waals surface area (Å²) in [4.78, 5) is 25.6. The highest BCUT2D eigenvalue weighted by atomic mass is 16.5. The standard InChI is InChI=1S/C15H26N2O3/c1-2-14(18)17-7-5-13(6-8-17)15(19)16-10-12-4-3-9-20-11-12/h12-13H,2-11H2,1H3,(H,16,19). The third kappa shape index (κ3) is 4.20. The van der Waals surface area contributed by atoms with Crippen molar-refractivity contribution in [3.63, 3.8) is 0 Å². The van der Waals surface area contributed by atoms with Gasteiger partial charge in [0.15, 0.2) is 0 Å². The summed E-state index contributed by atoms with van der Waals surface area (Å²) in [5.74, 6) is 0.886. The van der Waals surface area contributed by atoms with E-state index in [-0.39, 0.29) is 17.7 Å². The van der Waals surface area contributed by atoms with Crippen LogP contribution in [0.3, 0.4) is 0 Å². The highest BCUT2D eigenvalue weighted by Gasteiger charge is 2.27. The van der Waals surface area contributed by atoms with Gasteiger partial charge in [0.05, 0.1) is 6.61 Å². The lowest BCUT2D eigenvalue weighted by Crippen LogP contribution is -2.44. The van der Waals surface area contributed by atoms with Gasteiger partial charge in [-0.3, -0.25) is 9.59 Å². The molecule has 2 aliphatic heterocycles. The third-order valence-electron chi connectivity index (χ3n) is 4.34. The molecule has 5 heteroatoms. The van der Waals surface area contributed by atoms with Gasteiger partial charge in [-0.1, -0.05) is 6.92 Å². The Morgan fingerprint density at radius 3 is 2.60 bits per heavy atom. The lowest BCUT2D eigenvalue weighted by molar-refractivity contribution is -0.135. The minimum absolute atomic E-state index is 0.0698. The molecule has 2 amide bonds. The molecule has 0 bridgehead atoms. The molecule has 0 aliphatic carbocycles. The Balaban J connectivity index is 1.67. The minimum Gasteiger partial charge on any atom is -0.381 e. The second-order valence-corrected chi connectivity index (χ2v) is 5.84. The maximum Gasteiger partial charge on any atom is 0.223 e. The number of likely N-dealkylation sites (tertiary alicyclic amines) is 1. The first-order valence-electron chi connectivity index (χ1n) is 7.84. The first-order chi connectivity index (χ1) is 9.70. The highest BCUT2D eigenvalue weighted by molar-refractivity contribution is 5.80. The second-order valence-electron chi connectivity index (χ2n) is 5.84. The Labute approximate surface area is 121 Å². The van der Waals surface area contributed by atoms with Crippen LogP contribution in [0.2, 0.25) is 0 Å². The SMILES string of the molecule is CCC(=O)N1CCC(C(=O)NCC2CCCOC2)CC1. The van der Waals surface area contributed by atoms with Crippen LogP contribution in [0.4, 0.5) is 0 Å². The van der Waals surface area contributed by atoms with Gasteiger partial charge in [-0.25, -0.2) is 0 Å². The molecule has 1 N–H and O–H groups in total. The molecule has 0 aromatic rings. The maximum atomic E-state index is 12.1. The van der Waals surface area contributed by atoms with Gasteiger partial charge in [-0.2, -0.15) is 0 Å². The molecule has 0 spiro atoms. The first-order valence-corrected chi connectivity index (χ1v) is 7.84. The lowest BCUT2D eigenvalue weighted by atomic mass is 9.95. The van der Waals surface area contributed by atoms with Gasteiger partial charge in [-0.05, 0) is 31.6 Å². The van der Waals surface area contributed by atoms with Gasteiger partial charge in [0, 0.05) is 38.6 Å². The molecule has 1 unspecified atom stereocenters. The van der Waals surface area contributed by atoms with Crippen LogP contribution in [0.15, 0.2) is 0 Å². The number of hydrogen-bond donors (Lipinski definition) is 1. The zero-order valence-electron chi connectivity index (χ0n) is 12.4. The van der Waals surface area contributed by atoms with Crippen molar-refractivity contribution < 1.29 is 14.3 Å². The number of carbonyl (C=O) groups excluding carboxylic acids is 2. The summed E-state index contributed by atoms with van der Waals surface area (Å²) in [6.07, 6.45) is 4.37. The molecule has 1 atom stereocenters. The summed E-state index contributed by atoms with van der Waals surface area (Å²) in [7, 11) is 0. The minimum atomic E-state index is 0.0698. The van der Waals surface area contributed by atoms with Crippen molar-refractivity contribution in [3.05, 3.63) is 0 Å². The molecule has 0 saturated carbocycles. The Kier molecular flexibility index (Phi) is 5.83. The molecule has 2 saturated heterocycles. The fraction of sp³-hybridized carbons (Fsp3) is 0.867. The largest absolute Gasteiger partial charge is 0.381 e. The van der Waals surface area contributed by atoms with E-state index in [0.29, 0.717) is 12.3 Å². The number of nitrogens with one attached hydrogen (secondary N) is 1. The predicted octanol–water partition coefficient (Wildman–Crippen LogP) is 1.18. The van der Waals surface area contributed by atoms with E-state index in [4.69, 9.17) is 4.74 Å². The fourth-order valence-electron chi connectivity index (χ4n) is 2.97. The molecule has 20 heavy (non-hydrogen) atoms. The van der Waals surface area contributed by atoms with Crippen molar-refractivity contribution in [2.75, 3.05) is 32.8 Å².